The van der Waals surface area contributed by atoms with E-state index in [1.54, 1.807) is 41.4 Å². The molecule has 4 aromatic heterocycles. The minimum Gasteiger partial charge on any atom is -0.494 e. The molecule has 140 valence electrons. The van der Waals surface area contributed by atoms with Crippen molar-refractivity contribution in [1.29, 1.82) is 5.26 Å². The summed E-state index contributed by atoms with van der Waals surface area (Å²) in [5.74, 6) is 0.887. The highest BCUT2D eigenvalue weighted by Crippen LogP contribution is 2.34. The smallest absolute Gasteiger partial charge is 0.225 e. The normalized spacial score (nSPS) is 10.8. The molecule has 28 heavy (non-hydrogen) atoms. The van der Waals surface area contributed by atoms with Gasteiger partial charge in [-0.05, 0) is 18.2 Å². The molecule has 9 heteroatoms. The number of ether oxygens (including phenoxy) is 2. The van der Waals surface area contributed by atoms with Crippen molar-refractivity contribution in [3.63, 3.8) is 0 Å². The average Bonchev–Trinajstić information content (AvgIpc) is 3.31. The summed E-state index contributed by atoms with van der Waals surface area (Å²) in [7, 11) is 3.07. The molecule has 0 fully saturated rings. The molecule has 0 amide bonds. The molecule has 0 radical (unpaired) electrons. The zero-order chi connectivity index (χ0) is 19.7. The molecular formula is C19H16N6O3. The first-order chi connectivity index (χ1) is 13.6. The van der Waals surface area contributed by atoms with Gasteiger partial charge in [0.15, 0.2) is 0 Å². The fourth-order valence-electron chi connectivity index (χ4n) is 2.95. The highest BCUT2D eigenvalue weighted by Gasteiger charge is 2.16. The monoisotopic (exact) mass is 376 g/mol. The van der Waals surface area contributed by atoms with Crippen LogP contribution in [0.4, 0.5) is 0 Å². The van der Waals surface area contributed by atoms with E-state index in [9.17, 15) is 5.11 Å². The molecule has 4 aromatic rings. The second-order valence-electron chi connectivity index (χ2n) is 5.92. The molecule has 0 aliphatic carbocycles. The topological polar surface area (TPSA) is 111 Å². The van der Waals surface area contributed by atoms with E-state index in [2.05, 4.69) is 15.1 Å². The number of rotatable bonds is 5. The van der Waals surface area contributed by atoms with E-state index in [-0.39, 0.29) is 12.4 Å². The predicted octanol–water partition coefficient (Wildman–Crippen LogP) is 2.53. The number of nitriles is 1. The van der Waals surface area contributed by atoms with Gasteiger partial charge in [0, 0.05) is 12.3 Å². The van der Waals surface area contributed by atoms with Gasteiger partial charge < -0.3 is 14.6 Å². The first kappa shape index (κ1) is 17.4. The van der Waals surface area contributed by atoms with Crippen LogP contribution in [0.5, 0.6) is 17.6 Å². The summed E-state index contributed by atoms with van der Waals surface area (Å²) < 4.78 is 13.6. The number of nitrogens with zero attached hydrogens (tertiary/aromatic N) is 6. The molecule has 1 N–H and O–H groups in total. The van der Waals surface area contributed by atoms with Gasteiger partial charge in [-0.3, -0.25) is 9.25 Å². The molecule has 0 aliphatic heterocycles. The number of methoxy groups -OCH3 is 2. The number of hydrogen-bond donors (Lipinski definition) is 1. The van der Waals surface area contributed by atoms with Gasteiger partial charge in [0.1, 0.15) is 6.54 Å². The third kappa shape index (κ3) is 2.87. The van der Waals surface area contributed by atoms with Gasteiger partial charge in [0.2, 0.25) is 17.6 Å². The number of aromatic nitrogens is 5. The number of fused-ring (bicyclic) bond motifs is 1. The lowest BCUT2D eigenvalue weighted by atomic mass is 10.1. The molecule has 0 aromatic carbocycles. The summed E-state index contributed by atoms with van der Waals surface area (Å²) in [6.45, 7) is 0.133. The SMILES string of the molecule is COc1ccc(-c2ccc3c(O)n(-c4cnn(CC#N)c4)cc3n2)c(OC)n1. The van der Waals surface area contributed by atoms with Crippen LogP contribution >= 0.6 is 0 Å². The molecule has 4 heterocycles. The fourth-order valence-corrected chi connectivity index (χ4v) is 2.95. The first-order valence-corrected chi connectivity index (χ1v) is 8.35. The van der Waals surface area contributed by atoms with E-state index in [4.69, 9.17) is 14.7 Å². The maximum absolute atomic E-state index is 10.6. The zero-order valence-electron chi connectivity index (χ0n) is 15.2. The average molecular weight is 376 g/mol. The van der Waals surface area contributed by atoms with Gasteiger partial charge in [-0.15, -0.1) is 0 Å². The van der Waals surface area contributed by atoms with Crippen molar-refractivity contribution in [2.75, 3.05) is 14.2 Å². The third-order valence-electron chi connectivity index (χ3n) is 4.29. The molecule has 4 rings (SSSR count). The number of pyridine rings is 2. The number of hydrogen-bond acceptors (Lipinski definition) is 7. The molecule has 0 aliphatic rings. The quantitative estimate of drug-likeness (QED) is 0.570. The van der Waals surface area contributed by atoms with Crippen molar-refractivity contribution < 1.29 is 14.6 Å². The van der Waals surface area contributed by atoms with Gasteiger partial charge in [-0.2, -0.15) is 15.3 Å². The van der Waals surface area contributed by atoms with Crippen molar-refractivity contribution >= 4 is 10.9 Å². The van der Waals surface area contributed by atoms with Crippen molar-refractivity contribution in [2.45, 2.75) is 6.54 Å². The molecule has 9 nitrogen and oxygen atoms in total. The Bertz CT molecular complexity index is 1200. The van der Waals surface area contributed by atoms with Crippen LogP contribution in [-0.2, 0) is 6.54 Å². The molecular weight excluding hydrogens is 360 g/mol. The Morgan fingerprint density at radius 1 is 1.11 bits per heavy atom. The van der Waals surface area contributed by atoms with E-state index < -0.39 is 0 Å². The largest absolute Gasteiger partial charge is 0.494 e. The summed E-state index contributed by atoms with van der Waals surface area (Å²) >= 11 is 0. The fraction of sp³-hybridized carbons (Fsp3) is 0.158. The van der Waals surface area contributed by atoms with Crippen molar-refractivity contribution in [2.24, 2.45) is 0 Å². The Hall–Kier alpha value is -4.06. The van der Waals surface area contributed by atoms with E-state index in [0.29, 0.717) is 39.6 Å². The summed E-state index contributed by atoms with van der Waals surface area (Å²) in [5.41, 5.74) is 2.59. The lowest BCUT2D eigenvalue weighted by Crippen LogP contribution is -1.95. The Balaban J connectivity index is 1.79. The van der Waals surface area contributed by atoms with Crippen LogP contribution in [-0.4, -0.2) is 43.6 Å². The van der Waals surface area contributed by atoms with Gasteiger partial charge in [0.05, 0.1) is 60.5 Å². The zero-order valence-corrected chi connectivity index (χ0v) is 15.2. The Labute approximate surface area is 160 Å². The highest BCUT2D eigenvalue weighted by molar-refractivity contribution is 5.88. The van der Waals surface area contributed by atoms with Gasteiger partial charge >= 0.3 is 0 Å². The van der Waals surface area contributed by atoms with E-state index >= 15 is 0 Å². The van der Waals surface area contributed by atoms with Crippen molar-refractivity contribution in [3.8, 4) is 40.7 Å². The van der Waals surface area contributed by atoms with E-state index in [1.165, 1.54) is 18.9 Å². The predicted molar refractivity (Wildman–Crippen MR) is 100 cm³/mol. The maximum atomic E-state index is 10.6. The van der Waals surface area contributed by atoms with Crippen LogP contribution in [0.2, 0.25) is 0 Å². The van der Waals surface area contributed by atoms with Gasteiger partial charge in [-0.1, -0.05) is 0 Å². The Morgan fingerprint density at radius 2 is 1.96 bits per heavy atom. The van der Waals surface area contributed by atoms with Crippen LogP contribution in [0.1, 0.15) is 0 Å². The minimum absolute atomic E-state index is 0.0466. The number of aromatic hydroxyl groups is 1. The van der Waals surface area contributed by atoms with Gasteiger partial charge in [0.25, 0.3) is 0 Å². The molecule has 0 spiro atoms. The summed E-state index contributed by atoms with van der Waals surface area (Å²) in [6, 6.07) is 9.15. The van der Waals surface area contributed by atoms with E-state index in [1.807, 2.05) is 12.1 Å². The second kappa shape index (κ2) is 6.92. The second-order valence-corrected chi connectivity index (χ2v) is 5.92. The van der Waals surface area contributed by atoms with Crippen LogP contribution in [0.3, 0.4) is 0 Å². The van der Waals surface area contributed by atoms with Crippen molar-refractivity contribution in [3.05, 3.63) is 42.9 Å². The van der Waals surface area contributed by atoms with Crippen LogP contribution in [0, 0.1) is 11.3 Å². The molecule has 0 atom stereocenters. The lowest BCUT2D eigenvalue weighted by Gasteiger charge is -2.08. The maximum Gasteiger partial charge on any atom is 0.225 e. The van der Waals surface area contributed by atoms with Gasteiger partial charge in [-0.25, -0.2) is 4.98 Å². The Morgan fingerprint density at radius 3 is 2.71 bits per heavy atom. The standard InChI is InChI=1S/C19H16N6O3/c1-27-17-6-4-13(18(23-17)28-2)15-5-3-14-16(22-15)11-25(19(14)26)12-9-21-24(10-12)8-7-20/h3-6,9-11,26H,8H2,1-2H3. The van der Waals surface area contributed by atoms with E-state index in [0.717, 1.165) is 0 Å². The molecule has 0 saturated carbocycles. The van der Waals surface area contributed by atoms with Crippen molar-refractivity contribution in [1.82, 2.24) is 24.3 Å². The molecule has 0 saturated heterocycles. The summed E-state index contributed by atoms with van der Waals surface area (Å²) in [4.78, 5) is 8.92. The highest BCUT2D eigenvalue weighted by atomic mass is 16.5. The molecule has 0 unspecified atom stereocenters. The van der Waals surface area contributed by atoms with Crippen LogP contribution < -0.4 is 9.47 Å². The Kier molecular flexibility index (Phi) is 4.29. The summed E-state index contributed by atoms with van der Waals surface area (Å²) in [6.07, 6.45) is 4.97. The first-order valence-electron chi connectivity index (χ1n) is 8.35. The third-order valence-corrected chi connectivity index (χ3v) is 4.29. The lowest BCUT2D eigenvalue weighted by molar-refractivity contribution is 0.366. The minimum atomic E-state index is 0.0466. The van der Waals surface area contributed by atoms with Crippen LogP contribution in [0.25, 0.3) is 27.8 Å². The summed E-state index contributed by atoms with van der Waals surface area (Å²) in [5, 5.41) is 24.1. The molecule has 0 bridgehead atoms. The van der Waals surface area contributed by atoms with Crippen LogP contribution in [0.15, 0.2) is 42.9 Å².